The molecule has 1 fully saturated rings. The Balaban J connectivity index is 1.95. The summed E-state index contributed by atoms with van der Waals surface area (Å²) < 4.78 is 16.4. The number of aliphatic hydroxyl groups excluding tert-OH is 1. The van der Waals surface area contributed by atoms with Crippen molar-refractivity contribution in [1.82, 2.24) is 19.2 Å². The smallest absolute Gasteiger partial charge is 0.295 e. The number of hydrogen-bond donors (Lipinski definition) is 1. The first kappa shape index (κ1) is 20.7. The van der Waals surface area contributed by atoms with Crippen LogP contribution in [-0.4, -0.2) is 63.2 Å². The Kier molecular flexibility index (Phi) is 5.32. The molecule has 0 radical (unpaired) electrons. The number of nitrogens with zero attached hydrogens (tertiary/aromatic N) is 4. The number of imidazole rings is 1. The maximum atomic E-state index is 14.8. The van der Waals surface area contributed by atoms with E-state index < -0.39 is 23.5 Å². The van der Waals surface area contributed by atoms with Crippen molar-refractivity contribution >= 4 is 23.1 Å². The van der Waals surface area contributed by atoms with Gasteiger partial charge in [0, 0.05) is 24.8 Å². The van der Waals surface area contributed by atoms with Crippen molar-refractivity contribution in [2.75, 3.05) is 27.2 Å². The highest BCUT2D eigenvalue weighted by Crippen LogP contribution is 2.40. The maximum Gasteiger partial charge on any atom is 0.295 e. The van der Waals surface area contributed by atoms with Crippen LogP contribution in [0.5, 0.6) is 0 Å². The number of Topliss-reactive ketones (excluding diaryl/α,β-unsaturated/α-hetero) is 1. The molecule has 1 N–H and O–H groups in total. The van der Waals surface area contributed by atoms with E-state index in [-0.39, 0.29) is 23.4 Å². The van der Waals surface area contributed by atoms with E-state index in [4.69, 9.17) is 0 Å². The summed E-state index contributed by atoms with van der Waals surface area (Å²) >= 11 is 0. The average Bonchev–Trinajstić information content (AvgIpc) is 3.20. The first-order valence-electron chi connectivity index (χ1n) is 9.93. The standard InChI is InChI=1S/C23H23FN4O3/c1-14-19(27-11-7-6-10-17(27)25-14)21(29)18-20(15-8-4-5-9-16(15)24)28(13-12-26(2)3)23(31)22(18)30/h4-11,20,29H,12-13H2,1-3H3/t20-/m0/s1. The van der Waals surface area contributed by atoms with Gasteiger partial charge in [-0.2, -0.15) is 0 Å². The van der Waals surface area contributed by atoms with E-state index in [1.807, 2.05) is 25.1 Å². The molecular weight excluding hydrogens is 399 g/mol. The number of hydrogen-bond acceptors (Lipinski definition) is 5. The summed E-state index contributed by atoms with van der Waals surface area (Å²) in [5, 5.41) is 11.3. The minimum atomic E-state index is -1.03. The molecule has 7 nitrogen and oxygen atoms in total. The number of carbonyl (C=O) groups is 2. The molecule has 1 atom stereocenters. The van der Waals surface area contributed by atoms with Crippen LogP contribution in [0.4, 0.5) is 4.39 Å². The van der Waals surface area contributed by atoms with Crippen LogP contribution in [0.25, 0.3) is 11.4 Å². The van der Waals surface area contributed by atoms with Gasteiger partial charge >= 0.3 is 0 Å². The van der Waals surface area contributed by atoms with Gasteiger partial charge in [0.1, 0.15) is 17.2 Å². The highest BCUT2D eigenvalue weighted by molar-refractivity contribution is 6.46. The van der Waals surface area contributed by atoms with E-state index in [0.29, 0.717) is 23.6 Å². The lowest BCUT2D eigenvalue weighted by molar-refractivity contribution is -0.140. The molecule has 4 rings (SSSR count). The van der Waals surface area contributed by atoms with E-state index in [2.05, 4.69) is 4.98 Å². The van der Waals surface area contributed by atoms with Gasteiger partial charge in [-0.15, -0.1) is 0 Å². The summed E-state index contributed by atoms with van der Waals surface area (Å²) in [4.78, 5) is 33.6. The second-order valence-corrected chi connectivity index (χ2v) is 7.79. The number of pyridine rings is 1. The Hall–Kier alpha value is -3.52. The predicted molar refractivity (Wildman–Crippen MR) is 114 cm³/mol. The molecule has 1 aromatic carbocycles. The van der Waals surface area contributed by atoms with Gasteiger partial charge in [-0.05, 0) is 39.2 Å². The first-order chi connectivity index (χ1) is 14.8. The normalized spacial score (nSPS) is 18.5. The van der Waals surface area contributed by atoms with Crippen LogP contribution in [0, 0.1) is 12.7 Å². The molecule has 31 heavy (non-hydrogen) atoms. The Morgan fingerprint density at radius 2 is 1.87 bits per heavy atom. The quantitative estimate of drug-likeness (QED) is 0.389. The highest BCUT2D eigenvalue weighted by atomic mass is 19.1. The summed E-state index contributed by atoms with van der Waals surface area (Å²) in [5.41, 5.74) is 1.42. The van der Waals surface area contributed by atoms with Crippen molar-refractivity contribution in [2.45, 2.75) is 13.0 Å². The lowest BCUT2D eigenvalue weighted by Gasteiger charge is -2.26. The highest BCUT2D eigenvalue weighted by Gasteiger charge is 2.47. The number of carbonyl (C=O) groups excluding carboxylic acids is 2. The predicted octanol–water partition coefficient (Wildman–Crippen LogP) is 2.77. The second-order valence-electron chi connectivity index (χ2n) is 7.79. The number of rotatable bonds is 5. The molecule has 0 unspecified atom stereocenters. The number of benzene rings is 1. The number of aryl methyl sites for hydroxylation is 1. The number of likely N-dealkylation sites (N-methyl/N-ethyl adjacent to an activating group) is 1. The number of amides is 1. The Morgan fingerprint density at radius 3 is 2.58 bits per heavy atom. The molecule has 1 aliphatic heterocycles. The van der Waals surface area contributed by atoms with Crippen LogP contribution in [0.3, 0.4) is 0 Å². The average molecular weight is 422 g/mol. The number of halogens is 1. The Labute approximate surface area is 179 Å². The fraction of sp³-hybridized carbons (Fsp3) is 0.261. The summed E-state index contributed by atoms with van der Waals surface area (Å²) in [6.07, 6.45) is 1.71. The second kappa shape index (κ2) is 7.96. The SMILES string of the molecule is Cc1nc2ccccn2c1C(O)=C1C(=O)C(=O)N(CCN(C)C)[C@H]1c1ccccc1F. The number of aromatic nitrogens is 2. The monoisotopic (exact) mass is 422 g/mol. The van der Waals surface area contributed by atoms with Gasteiger partial charge in [0.2, 0.25) is 0 Å². The third-order valence-corrected chi connectivity index (χ3v) is 5.46. The van der Waals surface area contributed by atoms with Gasteiger partial charge in [0.25, 0.3) is 11.7 Å². The van der Waals surface area contributed by atoms with E-state index >= 15 is 0 Å². The minimum Gasteiger partial charge on any atom is -0.505 e. The van der Waals surface area contributed by atoms with E-state index in [1.165, 1.54) is 17.0 Å². The fourth-order valence-corrected chi connectivity index (χ4v) is 3.96. The lowest BCUT2D eigenvalue weighted by Crippen LogP contribution is -2.35. The molecule has 8 heteroatoms. The molecule has 3 heterocycles. The molecule has 160 valence electrons. The van der Waals surface area contributed by atoms with E-state index in [1.54, 1.807) is 41.8 Å². The number of likely N-dealkylation sites (tertiary alicyclic amines) is 1. The molecule has 3 aromatic rings. The Morgan fingerprint density at radius 1 is 1.16 bits per heavy atom. The van der Waals surface area contributed by atoms with Crippen molar-refractivity contribution < 1.29 is 19.1 Å². The molecule has 2 aromatic heterocycles. The molecule has 0 aliphatic carbocycles. The third kappa shape index (κ3) is 3.48. The van der Waals surface area contributed by atoms with Crippen molar-refractivity contribution in [1.29, 1.82) is 0 Å². The van der Waals surface area contributed by atoms with Crippen molar-refractivity contribution in [3.63, 3.8) is 0 Å². The minimum absolute atomic E-state index is 0.136. The third-order valence-electron chi connectivity index (χ3n) is 5.46. The number of ketones is 1. The van der Waals surface area contributed by atoms with Crippen LogP contribution in [-0.2, 0) is 9.59 Å². The van der Waals surface area contributed by atoms with Gasteiger partial charge in [-0.3, -0.25) is 14.0 Å². The summed E-state index contributed by atoms with van der Waals surface area (Å²) in [7, 11) is 3.69. The number of aliphatic hydroxyl groups is 1. The van der Waals surface area contributed by atoms with Crippen LogP contribution >= 0.6 is 0 Å². The van der Waals surface area contributed by atoms with E-state index in [9.17, 15) is 19.1 Å². The van der Waals surface area contributed by atoms with Gasteiger partial charge in [0.15, 0.2) is 5.76 Å². The summed E-state index contributed by atoms with van der Waals surface area (Å²) in [5.74, 6) is -2.52. The maximum absolute atomic E-state index is 14.8. The zero-order valence-corrected chi connectivity index (χ0v) is 17.5. The van der Waals surface area contributed by atoms with Gasteiger partial charge in [0.05, 0.1) is 17.3 Å². The van der Waals surface area contributed by atoms with Crippen LogP contribution in [0.15, 0.2) is 54.2 Å². The largest absolute Gasteiger partial charge is 0.505 e. The van der Waals surface area contributed by atoms with Crippen molar-refractivity contribution in [3.05, 3.63) is 77.0 Å². The van der Waals surface area contributed by atoms with Crippen LogP contribution < -0.4 is 0 Å². The van der Waals surface area contributed by atoms with Crippen LogP contribution in [0.2, 0.25) is 0 Å². The zero-order chi connectivity index (χ0) is 22.3. The molecule has 0 spiro atoms. The number of fused-ring (bicyclic) bond motifs is 1. The summed E-state index contributed by atoms with van der Waals surface area (Å²) in [6.45, 7) is 2.40. The molecule has 1 amide bonds. The van der Waals surface area contributed by atoms with Gasteiger partial charge < -0.3 is 14.9 Å². The molecule has 1 saturated heterocycles. The molecule has 0 saturated carbocycles. The van der Waals surface area contributed by atoms with Gasteiger partial charge in [-0.1, -0.05) is 24.3 Å². The van der Waals surface area contributed by atoms with Gasteiger partial charge in [-0.25, -0.2) is 9.37 Å². The van der Waals surface area contributed by atoms with Crippen molar-refractivity contribution in [2.24, 2.45) is 0 Å². The van der Waals surface area contributed by atoms with Crippen LogP contribution in [0.1, 0.15) is 23.0 Å². The lowest BCUT2D eigenvalue weighted by atomic mass is 9.96. The summed E-state index contributed by atoms with van der Waals surface area (Å²) in [6, 6.07) is 10.3. The molecule has 0 bridgehead atoms. The molecule has 1 aliphatic rings. The Bertz CT molecular complexity index is 1210. The van der Waals surface area contributed by atoms with Crippen molar-refractivity contribution in [3.8, 4) is 0 Å². The zero-order valence-electron chi connectivity index (χ0n) is 17.5. The van der Waals surface area contributed by atoms with E-state index in [0.717, 1.165) is 0 Å². The topological polar surface area (TPSA) is 78.1 Å². The fourth-order valence-electron chi connectivity index (χ4n) is 3.96. The first-order valence-corrected chi connectivity index (χ1v) is 9.93. The molecular formula is C23H23FN4O3.